The van der Waals surface area contributed by atoms with Gasteiger partial charge in [0, 0.05) is 18.7 Å². The molecule has 0 aliphatic carbocycles. The standard InChI is InChI=1S/C13H14N4O2/c1-9-16-12(17-19-9)8-15-13(18)6-5-10-3-2-4-11(14)7-10/h2-7H,8,14H2,1H3,(H,15,18)/b6-5+. The van der Waals surface area contributed by atoms with E-state index in [4.69, 9.17) is 10.3 Å². The van der Waals surface area contributed by atoms with Crippen LogP contribution in [0.5, 0.6) is 0 Å². The molecular weight excluding hydrogens is 244 g/mol. The van der Waals surface area contributed by atoms with Crippen molar-refractivity contribution in [1.82, 2.24) is 15.5 Å². The molecule has 0 unspecified atom stereocenters. The van der Waals surface area contributed by atoms with Crippen LogP contribution in [0.1, 0.15) is 17.3 Å². The summed E-state index contributed by atoms with van der Waals surface area (Å²) in [7, 11) is 0. The highest BCUT2D eigenvalue weighted by Crippen LogP contribution is 2.07. The zero-order valence-electron chi connectivity index (χ0n) is 10.5. The Morgan fingerprint density at radius 2 is 2.37 bits per heavy atom. The number of nitrogens with two attached hydrogens (primary N) is 1. The molecule has 0 aliphatic rings. The molecule has 1 heterocycles. The number of nitrogen functional groups attached to an aromatic ring is 1. The molecule has 0 radical (unpaired) electrons. The number of hydrogen-bond acceptors (Lipinski definition) is 5. The summed E-state index contributed by atoms with van der Waals surface area (Å²) >= 11 is 0. The minimum atomic E-state index is -0.232. The van der Waals surface area contributed by atoms with E-state index in [0.717, 1.165) is 5.56 Å². The van der Waals surface area contributed by atoms with E-state index in [0.29, 0.717) is 17.4 Å². The van der Waals surface area contributed by atoms with Crippen molar-refractivity contribution >= 4 is 17.7 Å². The molecule has 6 heteroatoms. The van der Waals surface area contributed by atoms with Gasteiger partial charge in [0.05, 0.1) is 6.54 Å². The molecule has 0 bridgehead atoms. The van der Waals surface area contributed by atoms with Gasteiger partial charge >= 0.3 is 0 Å². The van der Waals surface area contributed by atoms with Gasteiger partial charge in [-0.2, -0.15) is 4.98 Å². The first-order valence-corrected chi connectivity index (χ1v) is 5.74. The summed E-state index contributed by atoms with van der Waals surface area (Å²) in [5, 5.41) is 6.33. The number of hydrogen-bond donors (Lipinski definition) is 2. The monoisotopic (exact) mass is 258 g/mol. The van der Waals surface area contributed by atoms with Gasteiger partial charge in [-0.3, -0.25) is 4.79 Å². The Bertz CT molecular complexity index is 604. The number of nitrogens with zero attached hydrogens (tertiary/aromatic N) is 2. The summed E-state index contributed by atoms with van der Waals surface area (Å²) in [5.74, 6) is 0.688. The van der Waals surface area contributed by atoms with Crippen molar-refractivity contribution in [3.8, 4) is 0 Å². The maximum atomic E-state index is 11.6. The van der Waals surface area contributed by atoms with Crippen LogP contribution >= 0.6 is 0 Å². The van der Waals surface area contributed by atoms with E-state index in [1.54, 1.807) is 25.1 Å². The van der Waals surface area contributed by atoms with Crippen LogP contribution in [0.2, 0.25) is 0 Å². The first-order chi connectivity index (χ1) is 9.13. The summed E-state index contributed by atoms with van der Waals surface area (Å²) in [6, 6.07) is 7.26. The zero-order valence-corrected chi connectivity index (χ0v) is 10.5. The summed E-state index contributed by atoms with van der Waals surface area (Å²) in [4.78, 5) is 15.5. The van der Waals surface area contributed by atoms with E-state index in [2.05, 4.69) is 15.5 Å². The van der Waals surface area contributed by atoms with Crippen molar-refractivity contribution in [3.05, 3.63) is 47.6 Å². The number of benzene rings is 1. The smallest absolute Gasteiger partial charge is 0.244 e. The molecule has 2 aromatic rings. The first-order valence-electron chi connectivity index (χ1n) is 5.74. The summed E-state index contributed by atoms with van der Waals surface area (Å²) in [5.41, 5.74) is 7.16. The average Bonchev–Trinajstić information content (AvgIpc) is 2.80. The lowest BCUT2D eigenvalue weighted by Crippen LogP contribution is -2.20. The van der Waals surface area contributed by atoms with Gasteiger partial charge in [-0.25, -0.2) is 0 Å². The topological polar surface area (TPSA) is 94.0 Å². The molecule has 6 nitrogen and oxygen atoms in total. The maximum Gasteiger partial charge on any atom is 0.244 e. The third-order valence-corrected chi connectivity index (χ3v) is 2.33. The Morgan fingerprint density at radius 3 is 3.05 bits per heavy atom. The van der Waals surface area contributed by atoms with E-state index < -0.39 is 0 Å². The number of aryl methyl sites for hydroxylation is 1. The molecule has 2 rings (SSSR count). The number of carbonyl (C=O) groups excluding carboxylic acids is 1. The Hall–Kier alpha value is -2.63. The van der Waals surface area contributed by atoms with Crippen molar-refractivity contribution in [3.63, 3.8) is 0 Å². The van der Waals surface area contributed by atoms with Crippen LogP contribution in [-0.2, 0) is 11.3 Å². The van der Waals surface area contributed by atoms with Crippen LogP contribution in [-0.4, -0.2) is 16.0 Å². The summed E-state index contributed by atoms with van der Waals surface area (Å²) < 4.78 is 4.79. The molecule has 0 spiro atoms. The molecule has 19 heavy (non-hydrogen) atoms. The molecule has 1 aromatic carbocycles. The van der Waals surface area contributed by atoms with Crippen LogP contribution in [0.3, 0.4) is 0 Å². The summed E-state index contributed by atoms with van der Waals surface area (Å²) in [6.45, 7) is 1.93. The highest BCUT2D eigenvalue weighted by Gasteiger charge is 2.02. The number of anilines is 1. The van der Waals surface area contributed by atoms with Gasteiger partial charge in [0.25, 0.3) is 0 Å². The lowest BCUT2D eigenvalue weighted by Gasteiger charge is -1.98. The minimum absolute atomic E-state index is 0.232. The molecule has 98 valence electrons. The molecule has 3 N–H and O–H groups in total. The Balaban J connectivity index is 1.87. The van der Waals surface area contributed by atoms with E-state index in [1.807, 2.05) is 12.1 Å². The highest BCUT2D eigenvalue weighted by atomic mass is 16.5. The van der Waals surface area contributed by atoms with E-state index >= 15 is 0 Å². The number of aromatic nitrogens is 2. The lowest BCUT2D eigenvalue weighted by molar-refractivity contribution is -0.116. The van der Waals surface area contributed by atoms with E-state index in [-0.39, 0.29) is 12.5 Å². The number of carbonyl (C=O) groups is 1. The minimum Gasteiger partial charge on any atom is -0.399 e. The van der Waals surface area contributed by atoms with Gasteiger partial charge in [0.15, 0.2) is 5.82 Å². The van der Waals surface area contributed by atoms with Crippen LogP contribution < -0.4 is 11.1 Å². The molecule has 0 saturated carbocycles. The van der Waals surface area contributed by atoms with Gasteiger partial charge in [0.1, 0.15) is 0 Å². The van der Waals surface area contributed by atoms with Gasteiger partial charge in [0.2, 0.25) is 11.8 Å². The van der Waals surface area contributed by atoms with Crippen LogP contribution in [0.15, 0.2) is 34.9 Å². The second kappa shape index (κ2) is 5.81. The third-order valence-electron chi connectivity index (χ3n) is 2.33. The normalized spacial score (nSPS) is 10.8. The number of amides is 1. The molecule has 0 aliphatic heterocycles. The largest absolute Gasteiger partial charge is 0.399 e. The average molecular weight is 258 g/mol. The molecule has 0 saturated heterocycles. The maximum absolute atomic E-state index is 11.6. The Morgan fingerprint density at radius 1 is 1.53 bits per heavy atom. The molecular formula is C13H14N4O2. The second-order valence-electron chi connectivity index (χ2n) is 3.95. The van der Waals surface area contributed by atoms with Crippen molar-refractivity contribution < 1.29 is 9.32 Å². The van der Waals surface area contributed by atoms with Crippen LogP contribution in [0, 0.1) is 6.92 Å². The Kier molecular flexibility index (Phi) is 3.92. The van der Waals surface area contributed by atoms with E-state index in [9.17, 15) is 4.79 Å². The molecule has 1 amide bonds. The van der Waals surface area contributed by atoms with Crippen molar-refractivity contribution in [2.75, 3.05) is 5.73 Å². The molecule has 0 fully saturated rings. The van der Waals surface area contributed by atoms with Gasteiger partial charge in [-0.15, -0.1) is 0 Å². The van der Waals surface area contributed by atoms with Gasteiger partial charge in [-0.1, -0.05) is 17.3 Å². The highest BCUT2D eigenvalue weighted by molar-refractivity contribution is 5.91. The van der Waals surface area contributed by atoms with Crippen LogP contribution in [0.4, 0.5) is 5.69 Å². The predicted molar refractivity (Wildman–Crippen MR) is 70.8 cm³/mol. The van der Waals surface area contributed by atoms with Crippen molar-refractivity contribution in [1.29, 1.82) is 0 Å². The quantitative estimate of drug-likeness (QED) is 0.636. The summed E-state index contributed by atoms with van der Waals surface area (Å²) in [6.07, 6.45) is 3.12. The Labute approximate surface area is 110 Å². The molecule has 1 aromatic heterocycles. The van der Waals surface area contributed by atoms with Gasteiger partial charge < -0.3 is 15.6 Å². The van der Waals surface area contributed by atoms with Gasteiger partial charge in [-0.05, 0) is 23.8 Å². The lowest BCUT2D eigenvalue weighted by atomic mass is 10.2. The molecule has 0 atom stereocenters. The fourth-order valence-electron chi connectivity index (χ4n) is 1.47. The third kappa shape index (κ3) is 3.95. The zero-order chi connectivity index (χ0) is 13.7. The second-order valence-corrected chi connectivity index (χ2v) is 3.95. The SMILES string of the molecule is Cc1nc(CNC(=O)/C=C/c2cccc(N)c2)no1. The van der Waals surface area contributed by atoms with Crippen molar-refractivity contribution in [2.24, 2.45) is 0 Å². The van der Waals surface area contributed by atoms with E-state index in [1.165, 1.54) is 6.08 Å². The fourth-order valence-corrected chi connectivity index (χ4v) is 1.47. The van der Waals surface area contributed by atoms with Crippen molar-refractivity contribution in [2.45, 2.75) is 13.5 Å². The van der Waals surface area contributed by atoms with Crippen LogP contribution in [0.25, 0.3) is 6.08 Å². The number of rotatable bonds is 4. The first kappa shape index (κ1) is 12.8. The fraction of sp³-hybridized carbons (Fsp3) is 0.154. The number of nitrogens with one attached hydrogen (secondary N) is 1. The predicted octanol–water partition coefficient (Wildman–Crippen LogP) is 1.29.